The molecule has 0 radical (unpaired) electrons. The Hall–Kier alpha value is -0.930. The summed E-state index contributed by atoms with van der Waals surface area (Å²) in [6, 6.07) is 3.91. The zero-order chi connectivity index (χ0) is 10.9. The summed E-state index contributed by atoms with van der Waals surface area (Å²) in [5.74, 6) is 0. The van der Waals surface area contributed by atoms with E-state index in [0.717, 1.165) is 18.4 Å². The second-order valence-electron chi connectivity index (χ2n) is 4.90. The Kier molecular flexibility index (Phi) is 2.76. The van der Waals surface area contributed by atoms with Crippen LogP contribution in [0.4, 0.5) is 0 Å². The first-order valence-corrected chi connectivity index (χ1v) is 5.44. The highest BCUT2D eigenvalue weighted by atomic mass is 16.3. The summed E-state index contributed by atoms with van der Waals surface area (Å²) < 4.78 is 0. The molecule has 0 amide bonds. The van der Waals surface area contributed by atoms with E-state index in [0.29, 0.717) is 0 Å². The van der Waals surface area contributed by atoms with E-state index in [9.17, 15) is 5.11 Å². The Morgan fingerprint density at radius 1 is 1.47 bits per heavy atom. The van der Waals surface area contributed by atoms with Gasteiger partial charge in [0, 0.05) is 24.0 Å². The quantitative estimate of drug-likeness (QED) is 0.773. The Morgan fingerprint density at radius 2 is 2.13 bits per heavy atom. The summed E-state index contributed by atoms with van der Waals surface area (Å²) in [6.07, 6.45) is 5.16. The fourth-order valence-corrected chi connectivity index (χ4v) is 2.19. The van der Waals surface area contributed by atoms with E-state index in [2.05, 4.69) is 24.1 Å². The van der Waals surface area contributed by atoms with E-state index in [-0.39, 0.29) is 11.6 Å². The number of hydrogen-bond donors (Lipinski definition) is 2. The minimum atomic E-state index is -0.422. The molecule has 1 aromatic rings. The highest BCUT2D eigenvalue weighted by Crippen LogP contribution is 2.29. The van der Waals surface area contributed by atoms with E-state index in [1.807, 2.05) is 12.1 Å². The predicted molar refractivity (Wildman–Crippen MR) is 59.4 cm³/mol. The maximum Gasteiger partial charge on any atom is 0.0944 e. The van der Waals surface area contributed by atoms with Crippen molar-refractivity contribution >= 4 is 0 Å². The van der Waals surface area contributed by atoms with Crippen LogP contribution in [-0.4, -0.2) is 21.7 Å². The van der Waals surface area contributed by atoms with Crippen molar-refractivity contribution in [1.29, 1.82) is 0 Å². The van der Waals surface area contributed by atoms with Gasteiger partial charge in [-0.05, 0) is 44.4 Å². The van der Waals surface area contributed by atoms with Crippen molar-refractivity contribution in [2.45, 2.75) is 44.4 Å². The van der Waals surface area contributed by atoms with Crippen molar-refractivity contribution in [2.24, 2.45) is 0 Å². The van der Waals surface area contributed by atoms with Crippen molar-refractivity contribution in [3.63, 3.8) is 0 Å². The molecule has 1 saturated heterocycles. The molecule has 2 heterocycles. The van der Waals surface area contributed by atoms with Crippen LogP contribution in [0.1, 0.15) is 38.4 Å². The number of aliphatic hydroxyl groups is 1. The smallest absolute Gasteiger partial charge is 0.0944 e. The summed E-state index contributed by atoms with van der Waals surface area (Å²) in [6.45, 7) is 4.35. The first-order chi connectivity index (χ1) is 7.08. The van der Waals surface area contributed by atoms with Gasteiger partial charge in [0.15, 0.2) is 0 Å². The molecule has 2 rings (SSSR count). The highest BCUT2D eigenvalue weighted by molar-refractivity contribution is 5.16. The van der Waals surface area contributed by atoms with Crippen LogP contribution < -0.4 is 5.32 Å². The Morgan fingerprint density at radius 3 is 2.67 bits per heavy atom. The van der Waals surface area contributed by atoms with Crippen molar-refractivity contribution in [3.8, 4) is 0 Å². The summed E-state index contributed by atoms with van der Waals surface area (Å²) in [5.41, 5.74) is 1.10. The molecule has 1 aliphatic heterocycles. The molecule has 3 heteroatoms. The van der Waals surface area contributed by atoms with Crippen LogP contribution >= 0.6 is 0 Å². The van der Waals surface area contributed by atoms with Crippen molar-refractivity contribution in [3.05, 3.63) is 30.1 Å². The molecule has 0 bridgehead atoms. The normalized spacial score (nSPS) is 26.5. The summed E-state index contributed by atoms with van der Waals surface area (Å²) in [5, 5.41) is 13.6. The number of aromatic nitrogens is 1. The maximum atomic E-state index is 10.2. The van der Waals surface area contributed by atoms with Gasteiger partial charge >= 0.3 is 0 Å². The maximum absolute atomic E-state index is 10.2. The first kappa shape index (κ1) is 10.6. The summed E-state index contributed by atoms with van der Waals surface area (Å²) in [4.78, 5) is 3.95. The third-order valence-electron chi connectivity index (χ3n) is 3.09. The van der Waals surface area contributed by atoms with E-state index in [1.165, 1.54) is 0 Å². The van der Waals surface area contributed by atoms with E-state index < -0.39 is 6.10 Å². The van der Waals surface area contributed by atoms with Gasteiger partial charge in [0.05, 0.1) is 6.10 Å². The lowest BCUT2D eigenvalue weighted by Gasteiger charge is -2.23. The Labute approximate surface area is 90.5 Å². The first-order valence-electron chi connectivity index (χ1n) is 5.44. The van der Waals surface area contributed by atoms with Crippen molar-refractivity contribution in [1.82, 2.24) is 10.3 Å². The van der Waals surface area contributed by atoms with Gasteiger partial charge in [-0.1, -0.05) is 0 Å². The number of nitrogens with one attached hydrogen (secondary N) is 1. The van der Waals surface area contributed by atoms with Gasteiger partial charge in [0.25, 0.3) is 0 Å². The molecular weight excluding hydrogens is 188 g/mol. The molecule has 82 valence electrons. The lowest BCUT2D eigenvalue weighted by molar-refractivity contribution is 0.131. The molecule has 0 aromatic carbocycles. The molecule has 0 unspecified atom stereocenters. The van der Waals surface area contributed by atoms with E-state index in [4.69, 9.17) is 0 Å². The lowest BCUT2D eigenvalue weighted by atomic mass is 10.0. The monoisotopic (exact) mass is 206 g/mol. The number of hydrogen-bond acceptors (Lipinski definition) is 3. The molecule has 0 aliphatic carbocycles. The number of rotatable bonds is 2. The lowest BCUT2D eigenvalue weighted by Crippen LogP contribution is -2.40. The zero-order valence-electron chi connectivity index (χ0n) is 9.27. The molecule has 15 heavy (non-hydrogen) atoms. The van der Waals surface area contributed by atoms with Crippen LogP contribution in [0.2, 0.25) is 0 Å². The van der Waals surface area contributed by atoms with Crippen LogP contribution in [0.5, 0.6) is 0 Å². The van der Waals surface area contributed by atoms with Crippen LogP contribution in [-0.2, 0) is 0 Å². The van der Waals surface area contributed by atoms with Gasteiger partial charge in [-0.2, -0.15) is 0 Å². The fraction of sp³-hybridized carbons (Fsp3) is 0.583. The minimum absolute atomic E-state index is 0.151. The Balaban J connectivity index is 2.07. The Bertz CT molecular complexity index is 324. The molecule has 0 spiro atoms. The molecule has 3 nitrogen and oxygen atoms in total. The fourth-order valence-electron chi connectivity index (χ4n) is 2.19. The highest BCUT2D eigenvalue weighted by Gasteiger charge is 2.34. The van der Waals surface area contributed by atoms with Gasteiger partial charge in [-0.25, -0.2) is 0 Å². The van der Waals surface area contributed by atoms with Crippen LogP contribution in [0.25, 0.3) is 0 Å². The third kappa shape index (κ3) is 2.36. The number of aliphatic hydroxyl groups excluding tert-OH is 1. The van der Waals surface area contributed by atoms with Gasteiger partial charge in [-0.15, -0.1) is 0 Å². The molecule has 2 N–H and O–H groups in total. The molecule has 1 fully saturated rings. The average Bonchev–Trinajstić information content (AvgIpc) is 2.59. The van der Waals surface area contributed by atoms with Crippen LogP contribution in [0.3, 0.4) is 0 Å². The second kappa shape index (κ2) is 3.91. The zero-order valence-corrected chi connectivity index (χ0v) is 9.27. The topological polar surface area (TPSA) is 45.2 Å². The van der Waals surface area contributed by atoms with Crippen LogP contribution in [0, 0.1) is 0 Å². The molecule has 0 saturated carbocycles. The number of pyridine rings is 1. The predicted octanol–water partition coefficient (Wildman–Crippen LogP) is 1.65. The summed E-state index contributed by atoms with van der Waals surface area (Å²) >= 11 is 0. The number of nitrogens with zero attached hydrogens (tertiary/aromatic N) is 1. The van der Waals surface area contributed by atoms with Gasteiger partial charge in [0.1, 0.15) is 0 Å². The van der Waals surface area contributed by atoms with Crippen molar-refractivity contribution < 1.29 is 5.11 Å². The van der Waals surface area contributed by atoms with Crippen LogP contribution in [0.15, 0.2) is 24.5 Å². The third-order valence-corrected chi connectivity index (χ3v) is 3.09. The molecule has 1 aliphatic rings. The largest absolute Gasteiger partial charge is 0.387 e. The SMILES string of the molecule is CC1(C)CC[C@H]([C@H](O)c2ccncc2)N1. The van der Waals surface area contributed by atoms with Gasteiger partial charge in [0.2, 0.25) is 0 Å². The molecular formula is C12H18N2O. The summed E-state index contributed by atoms with van der Waals surface area (Å²) in [7, 11) is 0. The second-order valence-corrected chi connectivity index (χ2v) is 4.90. The average molecular weight is 206 g/mol. The van der Waals surface area contributed by atoms with Gasteiger partial charge in [-0.3, -0.25) is 4.98 Å². The molecule has 1 aromatic heterocycles. The molecule has 2 atom stereocenters. The minimum Gasteiger partial charge on any atom is -0.387 e. The van der Waals surface area contributed by atoms with Gasteiger partial charge < -0.3 is 10.4 Å². The van der Waals surface area contributed by atoms with E-state index in [1.54, 1.807) is 12.4 Å². The van der Waals surface area contributed by atoms with Crippen molar-refractivity contribution in [2.75, 3.05) is 0 Å². The standard InChI is InChI=1S/C12H18N2O/c1-12(2)6-3-10(14-12)11(15)9-4-7-13-8-5-9/h4-5,7-8,10-11,14-15H,3,6H2,1-2H3/t10-,11-/m1/s1. The van der Waals surface area contributed by atoms with E-state index >= 15 is 0 Å².